The van der Waals surface area contributed by atoms with Crippen LogP contribution in [0.1, 0.15) is 22.8 Å². The molecule has 0 heterocycles. The number of hydrogen-bond donors (Lipinski definition) is 1. The summed E-state index contributed by atoms with van der Waals surface area (Å²) in [5.41, 5.74) is 2.64. The largest absolute Gasteiger partial charge is 0.497 e. The quantitative estimate of drug-likeness (QED) is 0.826. The first-order chi connectivity index (χ1) is 11.5. The van der Waals surface area contributed by atoms with Crippen LogP contribution in [-0.2, 0) is 0 Å². The van der Waals surface area contributed by atoms with Crippen LogP contribution in [0.25, 0.3) is 0 Å². The molecule has 5 heteroatoms. The third kappa shape index (κ3) is 4.65. The minimum atomic E-state index is -0.147. The fourth-order valence-electron chi connectivity index (χ4n) is 2.47. The van der Waals surface area contributed by atoms with E-state index >= 15 is 0 Å². The van der Waals surface area contributed by atoms with E-state index in [4.69, 9.17) is 16.3 Å². The van der Waals surface area contributed by atoms with Gasteiger partial charge in [0.2, 0.25) is 0 Å². The lowest BCUT2D eigenvalue weighted by Gasteiger charge is -2.23. The van der Waals surface area contributed by atoms with Crippen LogP contribution in [0.15, 0.2) is 42.5 Å². The molecule has 1 amide bonds. The Bertz CT molecular complexity index is 686. The van der Waals surface area contributed by atoms with Crippen molar-refractivity contribution in [2.24, 2.45) is 0 Å². The van der Waals surface area contributed by atoms with Crippen molar-refractivity contribution in [3.8, 4) is 5.75 Å². The number of aryl methyl sites for hydroxylation is 1. The van der Waals surface area contributed by atoms with Crippen molar-refractivity contribution < 1.29 is 9.53 Å². The Morgan fingerprint density at radius 3 is 2.50 bits per heavy atom. The monoisotopic (exact) mass is 346 g/mol. The van der Waals surface area contributed by atoms with E-state index in [1.807, 2.05) is 37.3 Å². The summed E-state index contributed by atoms with van der Waals surface area (Å²) in [5, 5.41) is 3.41. The van der Waals surface area contributed by atoms with Gasteiger partial charge in [0.1, 0.15) is 5.75 Å². The Morgan fingerprint density at radius 2 is 1.92 bits per heavy atom. The molecular weight excluding hydrogens is 324 g/mol. The normalized spacial score (nSPS) is 10.3. The van der Waals surface area contributed by atoms with E-state index in [-0.39, 0.29) is 5.91 Å². The summed E-state index contributed by atoms with van der Waals surface area (Å²) in [6, 6.07) is 13.3. The molecule has 0 atom stereocenters. The van der Waals surface area contributed by atoms with Gasteiger partial charge in [-0.1, -0.05) is 17.7 Å². The van der Waals surface area contributed by atoms with E-state index in [1.54, 1.807) is 19.2 Å². The number of amides is 1. The van der Waals surface area contributed by atoms with Gasteiger partial charge in [0.15, 0.2) is 0 Å². The third-order valence-electron chi connectivity index (χ3n) is 3.86. The van der Waals surface area contributed by atoms with Crippen LogP contribution in [0.2, 0.25) is 5.02 Å². The lowest BCUT2D eigenvalue weighted by molar-refractivity contribution is 0.0955. The van der Waals surface area contributed by atoms with Gasteiger partial charge in [0.05, 0.1) is 17.7 Å². The molecule has 0 radical (unpaired) electrons. The molecule has 0 aliphatic carbocycles. The Morgan fingerprint density at radius 1 is 1.21 bits per heavy atom. The van der Waals surface area contributed by atoms with Gasteiger partial charge in [0.25, 0.3) is 5.91 Å². The minimum absolute atomic E-state index is 0.147. The van der Waals surface area contributed by atoms with Crippen molar-refractivity contribution in [1.29, 1.82) is 0 Å². The zero-order chi connectivity index (χ0) is 17.5. The van der Waals surface area contributed by atoms with Gasteiger partial charge in [-0.3, -0.25) is 4.79 Å². The second-order valence-electron chi connectivity index (χ2n) is 5.52. The number of benzene rings is 2. The molecule has 0 saturated heterocycles. The number of nitrogens with zero attached hydrogens (tertiary/aromatic N) is 1. The fraction of sp³-hybridized carbons (Fsp3) is 0.316. The lowest BCUT2D eigenvalue weighted by Crippen LogP contribution is -2.35. The van der Waals surface area contributed by atoms with Crippen molar-refractivity contribution in [2.75, 3.05) is 31.6 Å². The summed E-state index contributed by atoms with van der Waals surface area (Å²) in [6.45, 7) is 6.15. The summed E-state index contributed by atoms with van der Waals surface area (Å²) < 4.78 is 5.18. The molecule has 128 valence electrons. The maximum atomic E-state index is 12.2. The van der Waals surface area contributed by atoms with Crippen LogP contribution in [0.4, 0.5) is 5.69 Å². The van der Waals surface area contributed by atoms with E-state index in [9.17, 15) is 4.79 Å². The first-order valence-electron chi connectivity index (χ1n) is 7.98. The average Bonchev–Trinajstić information content (AvgIpc) is 2.58. The Hall–Kier alpha value is -2.20. The molecule has 2 aromatic rings. The zero-order valence-corrected chi connectivity index (χ0v) is 15.1. The highest BCUT2D eigenvalue weighted by molar-refractivity contribution is 6.33. The molecule has 0 bridgehead atoms. The second-order valence-corrected chi connectivity index (χ2v) is 5.92. The van der Waals surface area contributed by atoms with Gasteiger partial charge in [-0.25, -0.2) is 0 Å². The van der Waals surface area contributed by atoms with Crippen molar-refractivity contribution >= 4 is 23.2 Å². The molecular formula is C19H23ClN2O2. The standard InChI is InChI=1S/C19H23ClN2O2/c1-4-22(15-6-8-16(24-3)9-7-15)12-11-21-19(23)17-10-5-14(2)13-18(17)20/h5-10,13H,4,11-12H2,1-3H3,(H,21,23). The third-order valence-corrected chi connectivity index (χ3v) is 4.17. The molecule has 4 nitrogen and oxygen atoms in total. The molecule has 24 heavy (non-hydrogen) atoms. The Labute approximate surface area is 148 Å². The first kappa shape index (κ1) is 18.1. The number of carbonyl (C=O) groups excluding carboxylic acids is 1. The number of methoxy groups -OCH3 is 1. The molecule has 0 aliphatic rings. The van der Waals surface area contributed by atoms with Gasteiger partial charge in [0, 0.05) is 25.3 Å². The van der Waals surface area contributed by atoms with Crippen LogP contribution in [0, 0.1) is 6.92 Å². The van der Waals surface area contributed by atoms with Crippen molar-refractivity contribution in [3.63, 3.8) is 0 Å². The van der Waals surface area contributed by atoms with Crippen LogP contribution in [0.5, 0.6) is 5.75 Å². The predicted octanol–water partition coefficient (Wildman–Crippen LogP) is 3.91. The van der Waals surface area contributed by atoms with Gasteiger partial charge < -0.3 is 15.0 Å². The summed E-state index contributed by atoms with van der Waals surface area (Å²) in [7, 11) is 1.65. The average molecular weight is 347 g/mol. The summed E-state index contributed by atoms with van der Waals surface area (Å²) in [4.78, 5) is 14.4. The number of likely N-dealkylation sites (N-methyl/N-ethyl adjacent to an activating group) is 1. The molecule has 2 rings (SSSR count). The maximum Gasteiger partial charge on any atom is 0.252 e. The van der Waals surface area contributed by atoms with Gasteiger partial charge in [-0.05, 0) is 55.8 Å². The van der Waals surface area contributed by atoms with E-state index in [1.165, 1.54) is 0 Å². The van der Waals surface area contributed by atoms with Crippen LogP contribution in [0.3, 0.4) is 0 Å². The predicted molar refractivity (Wildman–Crippen MR) is 99.4 cm³/mol. The number of hydrogen-bond acceptors (Lipinski definition) is 3. The van der Waals surface area contributed by atoms with Crippen molar-refractivity contribution in [1.82, 2.24) is 5.32 Å². The van der Waals surface area contributed by atoms with E-state index in [0.717, 1.165) is 30.1 Å². The number of anilines is 1. The highest BCUT2D eigenvalue weighted by Crippen LogP contribution is 2.19. The molecule has 0 unspecified atom stereocenters. The number of halogens is 1. The lowest BCUT2D eigenvalue weighted by atomic mass is 10.1. The van der Waals surface area contributed by atoms with Crippen LogP contribution >= 0.6 is 11.6 Å². The topological polar surface area (TPSA) is 41.6 Å². The smallest absolute Gasteiger partial charge is 0.252 e. The van der Waals surface area contributed by atoms with Crippen LogP contribution in [-0.4, -0.2) is 32.7 Å². The number of carbonyl (C=O) groups is 1. The van der Waals surface area contributed by atoms with Gasteiger partial charge in [-0.15, -0.1) is 0 Å². The van der Waals surface area contributed by atoms with Crippen molar-refractivity contribution in [2.45, 2.75) is 13.8 Å². The Kier molecular flexibility index (Phi) is 6.50. The maximum absolute atomic E-state index is 12.2. The second kappa shape index (κ2) is 8.60. The van der Waals surface area contributed by atoms with Gasteiger partial charge >= 0.3 is 0 Å². The molecule has 0 spiro atoms. The van der Waals surface area contributed by atoms with Crippen molar-refractivity contribution in [3.05, 3.63) is 58.6 Å². The first-order valence-corrected chi connectivity index (χ1v) is 8.36. The molecule has 0 aliphatic heterocycles. The summed E-state index contributed by atoms with van der Waals surface area (Å²) >= 11 is 6.13. The number of nitrogens with one attached hydrogen (secondary N) is 1. The number of ether oxygens (including phenoxy) is 1. The van der Waals surface area contributed by atoms with E-state index in [2.05, 4.69) is 17.1 Å². The zero-order valence-electron chi connectivity index (χ0n) is 14.3. The highest BCUT2D eigenvalue weighted by atomic mass is 35.5. The van der Waals surface area contributed by atoms with E-state index in [0.29, 0.717) is 17.1 Å². The molecule has 1 N–H and O–H groups in total. The molecule has 0 fully saturated rings. The molecule has 0 saturated carbocycles. The van der Waals surface area contributed by atoms with Crippen LogP contribution < -0.4 is 15.0 Å². The highest BCUT2D eigenvalue weighted by Gasteiger charge is 2.11. The summed E-state index contributed by atoms with van der Waals surface area (Å²) in [5.74, 6) is 0.683. The Balaban J connectivity index is 1.92. The summed E-state index contributed by atoms with van der Waals surface area (Å²) in [6.07, 6.45) is 0. The fourth-order valence-corrected chi connectivity index (χ4v) is 2.79. The molecule has 2 aromatic carbocycles. The number of rotatable bonds is 7. The minimum Gasteiger partial charge on any atom is -0.497 e. The van der Waals surface area contributed by atoms with Gasteiger partial charge in [-0.2, -0.15) is 0 Å². The molecule has 0 aromatic heterocycles. The SMILES string of the molecule is CCN(CCNC(=O)c1ccc(C)cc1Cl)c1ccc(OC)cc1. The van der Waals surface area contributed by atoms with E-state index < -0.39 is 0 Å².